The van der Waals surface area contributed by atoms with Gasteiger partial charge in [0.2, 0.25) is 10.9 Å². The number of Topliss-reactive ketones (excluding diaryl/α,β-unsaturated/α-hetero) is 1. The minimum absolute atomic E-state index is 0.0775. The highest BCUT2D eigenvalue weighted by molar-refractivity contribution is 8.00. The summed E-state index contributed by atoms with van der Waals surface area (Å²) in [5.41, 5.74) is 2.37. The molecule has 1 unspecified atom stereocenters. The molecule has 1 atom stereocenters. The van der Waals surface area contributed by atoms with Gasteiger partial charge in [0.25, 0.3) is 5.91 Å². The summed E-state index contributed by atoms with van der Waals surface area (Å²) in [6.07, 6.45) is 0. The molecular weight excluding hydrogens is 557 g/mol. The molecular formula is C27H22N4O5S3. The van der Waals surface area contributed by atoms with E-state index < -0.39 is 29.5 Å². The van der Waals surface area contributed by atoms with E-state index >= 15 is 0 Å². The molecule has 2 aromatic carbocycles. The lowest BCUT2D eigenvalue weighted by atomic mass is 9.94. The lowest BCUT2D eigenvalue weighted by Gasteiger charge is -2.24. The number of aryl methyl sites for hydroxylation is 2. The van der Waals surface area contributed by atoms with E-state index in [-0.39, 0.29) is 10.7 Å². The summed E-state index contributed by atoms with van der Waals surface area (Å²) in [6.45, 7) is 3.50. The number of carbonyl (C=O) groups is 3. The first-order chi connectivity index (χ1) is 18.8. The van der Waals surface area contributed by atoms with E-state index in [1.165, 1.54) is 46.4 Å². The first-order valence-electron chi connectivity index (χ1n) is 11.7. The Morgan fingerprint density at radius 1 is 1.05 bits per heavy atom. The van der Waals surface area contributed by atoms with Crippen molar-refractivity contribution in [2.24, 2.45) is 0 Å². The number of carbonyl (C=O) groups excluding carboxylic acids is 3. The maximum atomic E-state index is 13.7. The van der Waals surface area contributed by atoms with Crippen LogP contribution >= 0.6 is 34.4 Å². The second-order valence-electron chi connectivity index (χ2n) is 8.55. The smallest absolute Gasteiger partial charge is 0.337 e. The van der Waals surface area contributed by atoms with E-state index in [9.17, 15) is 19.5 Å². The van der Waals surface area contributed by atoms with Crippen LogP contribution in [-0.4, -0.2) is 45.1 Å². The number of amides is 1. The minimum Gasteiger partial charge on any atom is -0.503 e. The third-order valence-electron chi connectivity index (χ3n) is 6.02. The maximum Gasteiger partial charge on any atom is 0.337 e. The molecule has 0 spiro atoms. The Labute approximate surface area is 236 Å². The van der Waals surface area contributed by atoms with E-state index in [4.69, 9.17) is 4.74 Å². The van der Waals surface area contributed by atoms with Gasteiger partial charge in [-0.2, -0.15) is 0 Å². The van der Waals surface area contributed by atoms with Crippen LogP contribution in [-0.2, 0) is 15.3 Å². The number of hydrogen-bond acceptors (Lipinski definition) is 11. The summed E-state index contributed by atoms with van der Waals surface area (Å²) >= 11 is 3.87. The zero-order chi connectivity index (χ0) is 27.7. The summed E-state index contributed by atoms with van der Waals surface area (Å²) in [5, 5.41) is 20.4. The average molecular weight is 579 g/mol. The van der Waals surface area contributed by atoms with Gasteiger partial charge >= 0.3 is 5.97 Å². The number of nitrogens with zero attached hydrogens (tertiary/aromatic N) is 4. The number of thiazole rings is 1. The monoisotopic (exact) mass is 578 g/mol. The SMILES string of the molecule is COC(=O)c1ccc(C2C(C(=O)c3sc(C)nc3C)=C(O)C(=O)N2c2nnc(SCc3ccccc3)s2)cc1. The summed E-state index contributed by atoms with van der Waals surface area (Å²) in [4.78, 5) is 45.1. The van der Waals surface area contributed by atoms with Gasteiger partial charge in [-0.1, -0.05) is 65.6 Å². The fourth-order valence-corrected chi connectivity index (χ4v) is 6.91. The normalized spacial score (nSPS) is 15.2. The fraction of sp³-hybridized carbons (Fsp3) is 0.185. The zero-order valence-corrected chi connectivity index (χ0v) is 23.5. The quantitative estimate of drug-likeness (QED) is 0.125. The number of ketones is 1. The second-order valence-corrected chi connectivity index (χ2v) is 11.9. The van der Waals surface area contributed by atoms with Crippen LogP contribution in [0.4, 0.5) is 5.13 Å². The van der Waals surface area contributed by atoms with Crippen LogP contribution in [0.15, 0.2) is 70.3 Å². The van der Waals surface area contributed by atoms with E-state index in [0.29, 0.717) is 36.8 Å². The van der Waals surface area contributed by atoms with Crippen LogP contribution in [0.3, 0.4) is 0 Å². The van der Waals surface area contributed by atoms with Crippen LogP contribution in [0.2, 0.25) is 0 Å². The van der Waals surface area contributed by atoms with Gasteiger partial charge in [-0.25, -0.2) is 9.78 Å². The van der Waals surface area contributed by atoms with Crippen molar-refractivity contribution < 1.29 is 24.2 Å². The molecule has 1 N–H and O–H groups in total. The molecule has 39 heavy (non-hydrogen) atoms. The number of esters is 1. The van der Waals surface area contributed by atoms with E-state index in [2.05, 4.69) is 15.2 Å². The summed E-state index contributed by atoms with van der Waals surface area (Å²) in [6, 6.07) is 15.2. The summed E-state index contributed by atoms with van der Waals surface area (Å²) < 4.78 is 5.42. The first-order valence-corrected chi connectivity index (χ1v) is 14.3. The van der Waals surface area contributed by atoms with Crippen molar-refractivity contribution in [2.75, 3.05) is 12.0 Å². The third-order valence-corrected chi connectivity index (χ3v) is 9.22. The third kappa shape index (κ3) is 5.22. The Bertz CT molecular complexity index is 1600. The molecule has 0 aliphatic carbocycles. The highest BCUT2D eigenvalue weighted by Crippen LogP contribution is 2.44. The van der Waals surface area contributed by atoms with Gasteiger partial charge in [-0.3, -0.25) is 14.5 Å². The zero-order valence-electron chi connectivity index (χ0n) is 21.1. The average Bonchev–Trinajstić information content (AvgIpc) is 3.63. The summed E-state index contributed by atoms with van der Waals surface area (Å²) in [7, 11) is 1.29. The Morgan fingerprint density at radius 3 is 2.41 bits per heavy atom. The van der Waals surface area contributed by atoms with Gasteiger partial charge in [0.05, 0.1) is 39.9 Å². The number of ether oxygens (including phenoxy) is 1. The van der Waals surface area contributed by atoms with Crippen molar-refractivity contribution in [3.8, 4) is 0 Å². The fourth-order valence-electron chi connectivity index (χ4n) is 4.21. The minimum atomic E-state index is -0.988. The van der Waals surface area contributed by atoms with Crippen LogP contribution in [0.5, 0.6) is 0 Å². The van der Waals surface area contributed by atoms with Crippen molar-refractivity contribution in [3.63, 3.8) is 0 Å². The van der Waals surface area contributed by atoms with Crippen molar-refractivity contribution in [2.45, 2.75) is 30.0 Å². The van der Waals surface area contributed by atoms with E-state index in [1.807, 2.05) is 30.3 Å². The predicted octanol–water partition coefficient (Wildman–Crippen LogP) is 5.47. The van der Waals surface area contributed by atoms with Gasteiger partial charge in [-0.15, -0.1) is 21.5 Å². The molecule has 2 aromatic heterocycles. The molecule has 0 saturated carbocycles. The van der Waals surface area contributed by atoms with Gasteiger partial charge in [-0.05, 0) is 37.1 Å². The molecule has 1 aliphatic heterocycles. The number of aliphatic hydroxyl groups is 1. The number of thioether (sulfide) groups is 1. The van der Waals surface area contributed by atoms with Crippen molar-refractivity contribution in [3.05, 3.63) is 98.2 Å². The molecule has 198 valence electrons. The summed E-state index contributed by atoms with van der Waals surface area (Å²) in [5.74, 6) is -1.75. The molecule has 4 aromatic rings. The molecule has 12 heteroatoms. The molecule has 5 rings (SSSR count). The Morgan fingerprint density at radius 2 is 1.77 bits per heavy atom. The van der Waals surface area contributed by atoms with Crippen LogP contribution < -0.4 is 4.90 Å². The number of aliphatic hydroxyl groups excluding tert-OH is 1. The standard InChI is InChI=1S/C27H22N4O5S3/c1-14-23(38-15(2)28-14)21(32)19-20(17-9-11-18(12-10-17)25(35)36-3)31(24(34)22(19)33)26-29-30-27(39-26)37-13-16-7-5-4-6-8-16/h4-12,20,33H,13H2,1-3H3. The molecule has 0 saturated heterocycles. The molecule has 3 heterocycles. The maximum absolute atomic E-state index is 13.7. The number of methoxy groups -OCH3 is 1. The molecule has 0 fully saturated rings. The topological polar surface area (TPSA) is 123 Å². The number of rotatable bonds is 8. The molecule has 0 radical (unpaired) electrons. The van der Waals surface area contributed by atoms with Crippen LogP contribution in [0, 0.1) is 13.8 Å². The van der Waals surface area contributed by atoms with Gasteiger partial charge in [0.1, 0.15) is 0 Å². The Hall–Kier alpha value is -3.87. The number of aromatic nitrogens is 3. The highest BCUT2D eigenvalue weighted by Gasteiger charge is 2.46. The number of benzene rings is 2. The van der Waals surface area contributed by atoms with Gasteiger partial charge in [0, 0.05) is 5.75 Å². The number of anilines is 1. The van der Waals surface area contributed by atoms with Crippen molar-refractivity contribution >= 4 is 57.2 Å². The Balaban J connectivity index is 1.53. The van der Waals surface area contributed by atoms with E-state index in [1.54, 1.807) is 38.1 Å². The largest absolute Gasteiger partial charge is 0.503 e. The molecule has 1 aliphatic rings. The molecule has 9 nitrogen and oxygen atoms in total. The van der Waals surface area contributed by atoms with Crippen molar-refractivity contribution in [1.29, 1.82) is 0 Å². The second kappa shape index (κ2) is 11.1. The molecule has 1 amide bonds. The van der Waals surface area contributed by atoms with Crippen LogP contribution in [0.25, 0.3) is 0 Å². The Kier molecular flexibility index (Phi) is 7.60. The van der Waals surface area contributed by atoms with Crippen LogP contribution in [0.1, 0.15) is 47.9 Å². The van der Waals surface area contributed by atoms with Crippen molar-refractivity contribution in [1.82, 2.24) is 15.2 Å². The van der Waals surface area contributed by atoms with Gasteiger partial charge < -0.3 is 9.84 Å². The van der Waals surface area contributed by atoms with Gasteiger partial charge in [0.15, 0.2) is 10.1 Å². The molecule has 0 bridgehead atoms. The number of hydrogen-bond donors (Lipinski definition) is 1. The predicted molar refractivity (Wildman–Crippen MR) is 149 cm³/mol. The first kappa shape index (κ1) is 26.7. The van der Waals surface area contributed by atoms with E-state index in [0.717, 1.165) is 5.56 Å². The lowest BCUT2D eigenvalue weighted by Crippen LogP contribution is -2.31. The lowest BCUT2D eigenvalue weighted by molar-refractivity contribution is -0.117. The highest BCUT2D eigenvalue weighted by atomic mass is 32.2.